The van der Waals surface area contributed by atoms with Gasteiger partial charge >= 0.3 is 0 Å². The summed E-state index contributed by atoms with van der Waals surface area (Å²) in [5.74, 6) is 0.783. The SMILES string of the molecule is CC1CCCC1Nc1cc(C(N)=O)c(N)cn1. The molecule has 1 aliphatic carbocycles. The molecule has 0 bridgehead atoms. The van der Waals surface area contributed by atoms with Crippen LogP contribution in [0.4, 0.5) is 11.5 Å². The Morgan fingerprint density at radius 1 is 1.53 bits per heavy atom. The molecule has 5 nitrogen and oxygen atoms in total. The number of rotatable bonds is 3. The van der Waals surface area contributed by atoms with Crippen molar-refractivity contribution in [2.24, 2.45) is 11.7 Å². The minimum atomic E-state index is -0.521. The second-order valence-corrected chi connectivity index (χ2v) is 4.68. The molecule has 1 heterocycles. The fourth-order valence-electron chi connectivity index (χ4n) is 2.31. The Labute approximate surface area is 101 Å². The number of carbonyl (C=O) groups is 1. The van der Waals surface area contributed by atoms with Gasteiger partial charge in [-0.3, -0.25) is 4.79 Å². The van der Waals surface area contributed by atoms with Crippen LogP contribution in [0.5, 0.6) is 0 Å². The maximum absolute atomic E-state index is 11.2. The highest BCUT2D eigenvalue weighted by molar-refractivity contribution is 5.98. The molecule has 17 heavy (non-hydrogen) atoms. The van der Waals surface area contributed by atoms with Crippen LogP contribution in [0.1, 0.15) is 36.5 Å². The average molecular weight is 234 g/mol. The second kappa shape index (κ2) is 4.61. The maximum atomic E-state index is 11.2. The summed E-state index contributed by atoms with van der Waals surface area (Å²) in [5.41, 5.74) is 11.5. The van der Waals surface area contributed by atoms with Crippen molar-refractivity contribution in [3.63, 3.8) is 0 Å². The lowest BCUT2D eigenvalue weighted by atomic mass is 10.1. The number of nitrogens with zero attached hydrogens (tertiary/aromatic N) is 1. The number of aromatic nitrogens is 1. The fourth-order valence-corrected chi connectivity index (χ4v) is 2.31. The van der Waals surface area contributed by atoms with E-state index in [1.54, 1.807) is 6.07 Å². The van der Waals surface area contributed by atoms with Crippen LogP contribution in [0.3, 0.4) is 0 Å². The number of nitrogens with one attached hydrogen (secondary N) is 1. The van der Waals surface area contributed by atoms with Crippen LogP contribution in [0.25, 0.3) is 0 Å². The van der Waals surface area contributed by atoms with Gasteiger partial charge in [-0.2, -0.15) is 0 Å². The third kappa shape index (κ3) is 2.49. The molecule has 1 aromatic rings. The van der Waals surface area contributed by atoms with Crippen molar-refractivity contribution in [3.8, 4) is 0 Å². The van der Waals surface area contributed by atoms with E-state index in [1.807, 2.05) is 0 Å². The van der Waals surface area contributed by atoms with Crippen molar-refractivity contribution in [1.82, 2.24) is 4.98 Å². The molecule has 0 radical (unpaired) electrons. The van der Waals surface area contributed by atoms with Crippen LogP contribution >= 0.6 is 0 Å². The van der Waals surface area contributed by atoms with Gasteiger partial charge in [0, 0.05) is 6.04 Å². The van der Waals surface area contributed by atoms with Gasteiger partial charge in [-0.05, 0) is 24.8 Å². The zero-order chi connectivity index (χ0) is 12.4. The third-order valence-corrected chi connectivity index (χ3v) is 3.39. The van der Waals surface area contributed by atoms with E-state index in [0.717, 1.165) is 6.42 Å². The molecule has 2 atom stereocenters. The van der Waals surface area contributed by atoms with Crippen LogP contribution in [0.2, 0.25) is 0 Å². The van der Waals surface area contributed by atoms with E-state index in [4.69, 9.17) is 11.5 Å². The summed E-state index contributed by atoms with van der Waals surface area (Å²) in [6, 6.07) is 2.05. The fraction of sp³-hybridized carbons (Fsp3) is 0.500. The average Bonchev–Trinajstić information content (AvgIpc) is 2.67. The van der Waals surface area contributed by atoms with E-state index in [0.29, 0.717) is 29.0 Å². The molecule has 5 heteroatoms. The van der Waals surface area contributed by atoms with Gasteiger partial charge in [-0.25, -0.2) is 4.98 Å². The highest BCUT2D eigenvalue weighted by Crippen LogP contribution is 2.27. The predicted octanol–water partition coefficient (Wildman–Crippen LogP) is 1.36. The first-order valence-electron chi connectivity index (χ1n) is 5.90. The zero-order valence-electron chi connectivity index (χ0n) is 9.94. The maximum Gasteiger partial charge on any atom is 0.250 e. The van der Waals surface area contributed by atoms with Crippen LogP contribution in [-0.4, -0.2) is 16.9 Å². The van der Waals surface area contributed by atoms with Gasteiger partial charge in [0.05, 0.1) is 17.4 Å². The lowest BCUT2D eigenvalue weighted by Crippen LogP contribution is -2.23. The Morgan fingerprint density at radius 2 is 2.29 bits per heavy atom. The van der Waals surface area contributed by atoms with Crippen molar-refractivity contribution in [1.29, 1.82) is 0 Å². The number of hydrogen-bond acceptors (Lipinski definition) is 4. The van der Waals surface area contributed by atoms with E-state index >= 15 is 0 Å². The molecule has 0 aromatic carbocycles. The van der Waals surface area contributed by atoms with Crippen LogP contribution < -0.4 is 16.8 Å². The summed E-state index contributed by atoms with van der Waals surface area (Å²) in [5, 5.41) is 3.34. The smallest absolute Gasteiger partial charge is 0.250 e. The van der Waals surface area contributed by atoms with Gasteiger partial charge in [0.1, 0.15) is 5.82 Å². The second-order valence-electron chi connectivity index (χ2n) is 4.68. The summed E-state index contributed by atoms with van der Waals surface area (Å²) in [6.45, 7) is 2.22. The number of pyridine rings is 1. The van der Waals surface area contributed by atoms with Crippen molar-refractivity contribution in [3.05, 3.63) is 17.8 Å². The van der Waals surface area contributed by atoms with Gasteiger partial charge in [0.15, 0.2) is 0 Å². The molecule has 5 N–H and O–H groups in total. The van der Waals surface area contributed by atoms with Crippen molar-refractivity contribution in [2.45, 2.75) is 32.2 Å². The summed E-state index contributed by atoms with van der Waals surface area (Å²) in [4.78, 5) is 15.3. The molecule has 1 amide bonds. The van der Waals surface area contributed by atoms with Crippen molar-refractivity contribution >= 4 is 17.4 Å². The molecule has 1 saturated carbocycles. The quantitative estimate of drug-likeness (QED) is 0.736. The van der Waals surface area contributed by atoms with E-state index in [1.165, 1.54) is 19.0 Å². The van der Waals surface area contributed by atoms with E-state index in [9.17, 15) is 4.79 Å². The number of primary amides is 1. The van der Waals surface area contributed by atoms with E-state index in [2.05, 4.69) is 17.2 Å². The number of carbonyl (C=O) groups excluding carboxylic acids is 1. The summed E-state index contributed by atoms with van der Waals surface area (Å²) in [7, 11) is 0. The number of nitrogen functional groups attached to an aromatic ring is 1. The number of amides is 1. The topological polar surface area (TPSA) is 94.0 Å². The Balaban J connectivity index is 2.16. The number of anilines is 2. The molecule has 1 fully saturated rings. The highest BCUT2D eigenvalue weighted by Gasteiger charge is 2.23. The van der Waals surface area contributed by atoms with Crippen molar-refractivity contribution < 1.29 is 4.79 Å². The minimum Gasteiger partial charge on any atom is -0.397 e. The van der Waals surface area contributed by atoms with Gasteiger partial charge in [-0.15, -0.1) is 0 Å². The number of nitrogens with two attached hydrogens (primary N) is 2. The molecular weight excluding hydrogens is 216 g/mol. The molecular formula is C12H18N4O. The largest absolute Gasteiger partial charge is 0.397 e. The molecule has 2 rings (SSSR count). The standard InChI is InChI=1S/C12H18N4O/c1-7-3-2-4-10(7)16-11-5-8(12(14)17)9(13)6-15-11/h5-7,10H,2-4,13H2,1H3,(H2,14,17)(H,15,16). The Kier molecular flexibility index (Phi) is 3.17. The van der Waals surface area contributed by atoms with E-state index < -0.39 is 5.91 Å². The third-order valence-electron chi connectivity index (χ3n) is 3.39. The summed E-state index contributed by atoms with van der Waals surface area (Å²) in [6.07, 6.45) is 5.08. The number of hydrogen-bond donors (Lipinski definition) is 3. The lowest BCUT2D eigenvalue weighted by Gasteiger charge is -2.18. The van der Waals surface area contributed by atoms with Crippen molar-refractivity contribution in [2.75, 3.05) is 11.1 Å². The first-order chi connectivity index (χ1) is 8.08. The van der Waals surface area contributed by atoms with Gasteiger partial charge < -0.3 is 16.8 Å². The first kappa shape index (κ1) is 11.7. The van der Waals surface area contributed by atoms with Crippen LogP contribution in [0.15, 0.2) is 12.3 Å². The minimum absolute atomic E-state index is 0.322. The Hall–Kier alpha value is -1.78. The molecule has 0 saturated heterocycles. The summed E-state index contributed by atoms with van der Waals surface area (Å²) < 4.78 is 0. The predicted molar refractivity (Wildman–Crippen MR) is 67.6 cm³/mol. The van der Waals surface area contributed by atoms with Gasteiger partial charge in [0.2, 0.25) is 0 Å². The molecule has 92 valence electrons. The van der Waals surface area contributed by atoms with Crippen LogP contribution in [-0.2, 0) is 0 Å². The zero-order valence-corrected chi connectivity index (χ0v) is 9.94. The first-order valence-corrected chi connectivity index (χ1v) is 5.90. The Morgan fingerprint density at radius 3 is 2.88 bits per heavy atom. The molecule has 0 spiro atoms. The lowest BCUT2D eigenvalue weighted by molar-refractivity contribution is 0.100. The molecule has 1 aliphatic rings. The molecule has 1 aromatic heterocycles. The monoisotopic (exact) mass is 234 g/mol. The van der Waals surface area contributed by atoms with Crippen LogP contribution in [0, 0.1) is 5.92 Å². The molecule has 2 unspecified atom stereocenters. The normalized spacial score (nSPS) is 23.6. The van der Waals surface area contributed by atoms with Gasteiger partial charge in [0.25, 0.3) is 5.91 Å². The van der Waals surface area contributed by atoms with E-state index in [-0.39, 0.29) is 0 Å². The Bertz CT molecular complexity index is 433. The summed E-state index contributed by atoms with van der Waals surface area (Å²) >= 11 is 0. The molecule has 0 aliphatic heterocycles. The highest BCUT2D eigenvalue weighted by atomic mass is 16.1. The van der Waals surface area contributed by atoms with Gasteiger partial charge in [-0.1, -0.05) is 13.3 Å².